The highest BCUT2D eigenvalue weighted by Gasteiger charge is 2.22. The molecule has 1 aliphatic rings. The number of ether oxygens (including phenoxy) is 1. The summed E-state index contributed by atoms with van der Waals surface area (Å²) in [5, 5.41) is 4.09. The van der Waals surface area contributed by atoms with Gasteiger partial charge in [0.15, 0.2) is 0 Å². The lowest BCUT2D eigenvalue weighted by Crippen LogP contribution is -2.47. The molecule has 6 nitrogen and oxygen atoms in total. The number of hydrogen-bond acceptors (Lipinski definition) is 6. The molecule has 1 aromatic carbocycles. The van der Waals surface area contributed by atoms with Crippen molar-refractivity contribution in [2.45, 2.75) is 33.0 Å². The highest BCUT2D eigenvalue weighted by atomic mass is 16.5. The van der Waals surface area contributed by atoms with Crippen molar-refractivity contribution in [1.82, 2.24) is 15.0 Å². The van der Waals surface area contributed by atoms with Crippen LogP contribution in [0.1, 0.15) is 19.4 Å². The molecule has 0 N–H and O–H groups in total. The van der Waals surface area contributed by atoms with E-state index in [4.69, 9.17) is 9.26 Å². The van der Waals surface area contributed by atoms with Gasteiger partial charge in [0.2, 0.25) is 5.82 Å². The van der Waals surface area contributed by atoms with Crippen LogP contribution in [-0.4, -0.2) is 60.5 Å². The molecule has 3 rings (SSSR count). The molecule has 1 aromatic heterocycles. The van der Waals surface area contributed by atoms with Crippen LogP contribution < -0.4 is 4.90 Å². The van der Waals surface area contributed by atoms with Gasteiger partial charge in [-0.1, -0.05) is 35.0 Å². The van der Waals surface area contributed by atoms with Crippen LogP contribution in [0.5, 0.6) is 0 Å². The van der Waals surface area contributed by atoms with Crippen molar-refractivity contribution in [1.29, 1.82) is 0 Å². The number of aromatic nitrogens is 2. The smallest absolute Gasteiger partial charge is 0.324 e. The minimum atomic E-state index is 0.288. The van der Waals surface area contributed by atoms with Gasteiger partial charge in [-0.15, -0.1) is 0 Å². The van der Waals surface area contributed by atoms with Gasteiger partial charge in [0.1, 0.15) is 0 Å². The van der Waals surface area contributed by atoms with Gasteiger partial charge in [0.05, 0.1) is 12.2 Å². The fraction of sp³-hybridized carbons (Fsp3) is 0.556. The molecule has 0 radical (unpaired) electrons. The van der Waals surface area contributed by atoms with Gasteiger partial charge in [0, 0.05) is 38.8 Å². The number of aryl methyl sites for hydroxylation is 1. The van der Waals surface area contributed by atoms with Crippen molar-refractivity contribution in [2.24, 2.45) is 0 Å². The van der Waals surface area contributed by atoms with Gasteiger partial charge in [-0.05, 0) is 20.8 Å². The SMILES string of the molecule is Cc1ccc(-c2noc(N(C)CCN3C[C@@H](C)O[C@@H](C)C3)n2)cc1. The predicted octanol–water partition coefficient (Wildman–Crippen LogP) is 2.59. The third kappa shape index (κ3) is 4.13. The van der Waals surface area contributed by atoms with E-state index in [9.17, 15) is 0 Å². The van der Waals surface area contributed by atoms with Gasteiger partial charge in [0.25, 0.3) is 0 Å². The zero-order valence-electron chi connectivity index (χ0n) is 14.9. The summed E-state index contributed by atoms with van der Waals surface area (Å²) in [6, 6.07) is 8.69. The molecular weight excluding hydrogens is 304 g/mol. The van der Waals surface area contributed by atoms with E-state index in [0.29, 0.717) is 11.8 Å². The Morgan fingerprint density at radius 3 is 2.50 bits per heavy atom. The molecule has 2 atom stereocenters. The highest BCUT2D eigenvalue weighted by Crippen LogP contribution is 2.20. The lowest BCUT2D eigenvalue weighted by atomic mass is 10.1. The summed E-state index contributed by atoms with van der Waals surface area (Å²) in [5.41, 5.74) is 2.19. The zero-order chi connectivity index (χ0) is 17.1. The predicted molar refractivity (Wildman–Crippen MR) is 94.2 cm³/mol. The average Bonchev–Trinajstić information content (AvgIpc) is 3.02. The second kappa shape index (κ2) is 7.32. The van der Waals surface area contributed by atoms with Crippen LogP contribution >= 0.6 is 0 Å². The Balaban J connectivity index is 1.57. The lowest BCUT2D eigenvalue weighted by Gasteiger charge is -2.35. The third-order valence-electron chi connectivity index (χ3n) is 4.30. The van der Waals surface area contributed by atoms with Gasteiger partial charge < -0.3 is 14.2 Å². The summed E-state index contributed by atoms with van der Waals surface area (Å²) in [4.78, 5) is 8.94. The second-order valence-electron chi connectivity index (χ2n) is 6.71. The Labute approximate surface area is 143 Å². The molecule has 0 saturated carbocycles. The number of anilines is 1. The number of nitrogens with zero attached hydrogens (tertiary/aromatic N) is 4. The Kier molecular flexibility index (Phi) is 5.16. The van der Waals surface area contributed by atoms with E-state index in [1.54, 1.807) is 0 Å². The van der Waals surface area contributed by atoms with E-state index in [1.807, 2.05) is 24.1 Å². The second-order valence-corrected chi connectivity index (χ2v) is 6.71. The largest absolute Gasteiger partial charge is 0.373 e. The van der Waals surface area contributed by atoms with Crippen molar-refractivity contribution in [3.05, 3.63) is 29.8 Å². The quantitative estimate of drug-likeness (QED) is 0.840. The molecule has 0 amide bonds. The van der Waals surface area contributed by atoms with E-state index < -0.39 is 0 Å². The Morgan fingerprint density at radius 1 is 1.17 bits per heavy atom. The Hall–Kier alpha value is -1.92. The molecule has 0 bridgehead atoms. The van der Waals surface area contributed by atoms with Crippen molar-refractivity contribution in [3.63, 3.8) is 0 Å². The molecular formula is C18H26N4O2. The minimum Gasteiger partial charge on any atom is -0.373 e. The highest BCUT2D eigenvalue weighted by molar-refractivity contribution is 5.55. The fourth-order valence-corrected chi connectivity index (χ4v) is 3.04. The van der Waals surface area contributed by atoms with E-state index in [-0.39, 0.29) is 12.2 Å². The maximum Gasteiger partial charge on any atom is 0.324 e. The average molecular weight is 330 g/mol. The monoisotopic (exact) mass is 330 g/mol. The number of hydrogen-bond donors (Lipinski definition) is 0. The first kappa shape index (κ1) is 16.9. The van der Waals surface area contributed by atoms with Crippen molar-refractivity contribution >= 4 is 6.01 Å². The van der Waals surface area contributed by atoms with Crippen LogP contribution in [0.15, 0.2) is 28.8 Å². The molecule has 2 aromatic rings. The summed E-state index contributed by atoms with van der Waals surface area (Å²) >= 11 is 0. The normalized spacial score (nSPS) is 21.8. The molecule has 2 heterocycles. The van der Waals surface area contributed by atoms with Crippen molar-refractivity contribution in [2.75, 3.05) is 38.1 Å². The molecule has 1 fully saturated rings. The number of benzene rings is 1. The fourth-order valence-electron chi connectivity index (χ4n) is 3.04. The molecule has 6 heteroatoms. The first-order valence-electron chi connectivity index (χ1n) is 8.51. The van der Waals surface area contributed by atoms with Crippen LogP contribution in [0.4, 0.5) is 6.01 Å². The van der Waals surface area contributed by atoms with Crippen LogP contribution in [0, 0.1) is 6.92 Å². The first-order valence-corrected chi connectivity index (χ1v) is 8.51. The number of rotatable bonds is 5. The summed E-state index contributed by atoms with van der Waals surface area (Å²) in [6.45, 7) is 10.0. The maximum atomic E-state index is 5.77. The summed E-state index contributed by atoms with van der Waals surface area (Å²) in [5.74, 6) is 0.630. The number of morpholine rings is 1. The third-order valence-corrected chi connectivity index (χ3v) is 4.30. The van der Waals surface area contributed by atoms with E-state index in [0.717, 1.165) is 31.7 Å². The summed E-state index contributed by atoms with van der Waals surface area (Å²) < 4.78 is 11.2. The molecule has 1 saturated heterocycles. The summed E-state index contributed by atoms with van der Waals surface area (Å²) in [6.07, 6.45) is 0.575. The van der Waals surface area contributed by atoms with Crippen molar-refractivity contribution in [3.8, 4) is 11.4 Å². The lowest BCUT2D eigenvalue weighted by molar-refractivity contribution is -0.0670. The number of likely N-dealkylation sites (N-methyl/N-ethyl adjacent to an activating group) is 1. The van der Waals surface area contributed by atoms with Gasteiger partial charge in [-0.2, -0.15) is 4.98 Å². The van der Waals surface area contributed by atoms with E-state index >= 15 is 0 Å². The van der Waals surface area contributed by atoms with Crippen LogP contribution in [0.2, 0.25) is 0 Å². The molecule has 0 aliphatic carbocycles. The molecule has 0 spiro atoms. The van der Waals surface area contributed by atoms with Crippen LogP contribution in [-0.2, 0) is 4.74 Å². The van der Waals surface area contributed by atoms with Crippen LogP contribution in [0.3, 0.4) is 0 Å². The Bertz CT molecular complexity index is 645. The molecule has 130 valence electrons. The van der Waals surface area contributed by atoms with Crippen LogP contribution in [0.25, 0.3) is 11.4 Å². The minimum absolute atomic E-state index is 0.288. The first-order chi connectivity index (χ1) is 11.5. The molecule has 0 unspecified atom stereocenters. The van der Waals surface area contributed by atoms with Crippen molar-refractivity contribution < 1.29 is 9.26 Å². The van der Waals surface area contributed by atoms with Gasteiger partial charge in [-0.25, -0.2) is 0 Å². The van der Waals surface area contributed by atoms with E-state index in [2.05, 4.69) is 47.9 Å². The maximum absolute atomic E-state index is 5.77. The zero-order valence-corrected chi connectivity index (χ0v) is 14.9. The summed E-state index contributed by atoms with van der Waals surface area (Å²) in [7, 11) is 1.99. The van der Waals surface area contributed by atoms with Gasteiger partial charge in [-0.3, -0.25) is 4.90 Å². The standard InChI is InChI=1S/C18H26N4O2/c1-13-5-7-16(8-6-13)17-19-18(24-20-17)21(4)9-10-22-11-14(2)23-15(3)12-22/h5-8,14-15H,9-12H2,1-4H3/t14-,15+. The van der Waals surface area contributed by atoms with Gasteiger partial charge >= 0.3 is 6.01 Å². The topological polar surface area (TPSA) is 54.6 Å². The van der Waals surface area contributed by atoms with E-state index in [1.165, 1.54) is 5.56 Å². The Morgan fingerprint density at radius 2 is 1.83 bits per heavy atom. The molecule has 24 heavy (non-hydrogen) atoms. The molecule has 1 aliphatic heterocycles.